The van der Waals surface area contributed by atoms with Gasteiger partial charge in [0.15, 0.2) is 0 Å². The van der Waals surface area contributed by atoms with Crippen molar-refractivity contribution in [1.29, 1.82) is 0 Å². The van der Waals surface area contributed by atoms with Gasteiger partial charge in [-0.3, -0.25) is 4.90 Å². The Balaban J connectivity index is 1.66. The molecule has 0 saturated carbocycles. The van der Waals surface area contributed by atoms with Crippen LogP contribution < -0.4 is 5.32 Å². The maximum absolute atomic E-state index is 3.58. The van der Waals surface area contributed by atoms with E-state index in [1.165, 1.54) is 65.0 Å². The van der Waals surface area contributed by atoms with Crippen LogP contribution in [0, 0.1) is 5.92 Å². The van der Waals surface area contributed by atoms with Crippen LogP contribution in [0.25, 0.3) is 0 Å². The lowest BCUT2D eigenvalue weighted by Gasteiger charge is -2.44. The van der Waals surface area contributed by atoms with E-state index >= 15 is 0 Å². The first-order valence-corrected chi connectivity index (χ1v) is 7.57. The molecule has 17 heavy (non-hydrogen) atoms. The molecule has 0 aliphatic carbocycles. The lowest BCUT2D eigenvalue weighted by molar-refractivity contribution is 0.0561. The number of rotatable bonds is 3. The van der Waals surface area contributed by atoms with Gasteiger partial charge in [-0.15, -0.1) is 0 Å². The fraction of sp³-hybridized carbons (Fsp3) is 1.00. The Hall–Kier alpha value is -0.120. The van der Waals surface area contributed by atoms with Crippen molar-refractivity contribution >= 4 is 0 Å². The molecule has 3 aliphatic heterocycles. The smallest absolute Gasteiger partial charge is 0.0224 e. The fourth-order valence-electron chi connectivity index (χ4n) is 4.25. The number of piperidine rings is 2. The first-order valence-electron chi connectivity index (χ1n) is 7.57. The van der Waals surface area contributed by atoms with Gasteiger partial charge < -0.3 is 10.2 Å². The van der Waals surface area contributed by atoms with E-state index in [1.54, 1.807) is 0 Å². The maximum atomic E-state index is 3.58. The normalized spacial score (nSPS) is 42.0. The largest absolute Gasteiger partial charge is 0.315 e. The van der Waals surface area contributed by atoms with E-state index in [0.29, 0.717) is 0 Å². The zero-order valence-corrected chi connectivity index (χ0v) is 11.2. The Kier molecular flexibility index (Phi) is 3.69. The van der Waals surface area contributed by atoms with E-state index in [9.17, 15) is 0 Å². The molecule has 4 unspecified atom stereocenters. The summed E-state index contributed by atoms with van der Waals surface area (Å²) in [5.74, 6) is 0.964. The highest BCUT2D eigenvalue weighted by Gasteiger charge is 2.39. The van der Waals surface area contributed by atoms with Crippen LogP contribution in [0.4, 0.5) is 0 Å². The summed E-state index contributed by atoms with van der Waals surface area (Å²) >= 11 is 0. The van der Waals surface area contributed by atoms with Gasteiger partial charge in [-0.05, 0) is 57.8 Å². The topological polar surface area (TPSA) is 18.5 Å². The van der Waals surface area contributed by atoms with Crippen LogP contribution in [0.3, 0.4) is 0 Å². The van der Waals surface area contributed by atoms with Crippen LogP contribution in [0.15, 0.2) is 0 Å². The second-order valence-electron chi connectivity index (χ2n) is 6.04. The quantitative estimate of drug-likeness (QED) is 0.794. The number of nitrogens with one attached hydrogen (secondary N) is 1. The zero-order chi connectivity index (χ0) is 11.7. The molecule has 0 aromatic carbocycles. The molecule has 0 radical (unpaired) electrons. The van der Waals surface area contributed by atoms with Crippen LogP contribution in [0.2, 0.25) is 0 Å². The number of likely N-dealkylation sites (N-methyl/N-ethyl adjacent to an activating group) is 1. The van der Waals surface area contributed by atoms with Gasteiger partial charge in [0.2, 0.25) is 0 Å². The van der Waals surface area contributed by atoms with Gasteiger partial charge in [0.25, 0.3) is 0 Å². The Morgan fingerprint density at radius 2 is 2.12 bits per heavy atom. The Labute approximate surface area is 106 Å². The lowest BCUT2D eigenvalue weighted by Crippen LogP contribution is -2.54. The summed E-state index contributed by atoms with van der Waals surface area (Å²) in [5, 5.41) is 3.58. The van der Waals surface area contributed by atoms with Crippen LogP contribution in [-0.2, 0) is 0 Å². The molecular formula is C14H27N3. The second-order valence-corrected chi connectivity index (χ2v) is 6.04. The van der Waals surface area contributed by atoms with E-state index in [1.807, 2.05) is 0 Å². The van der Waals surface area contributed by atoms with Gasteiger partial charge in [0.1, 0.15) is 0 Å². The summed E-state index contributed by atoms with van der Waals surface area (Å²) in [4.78, 5) is 5.49. The molecule has 3 heterocycles. The lowest BCUT2D eigenvalue weighted by atomic mass is 9.90. The summed E-state index contributed by atoms with van der Waals surface area (Å²) in [6.45, 7) is 10.1. The van der Waals surface area contributed by atoms with Crippen molar-refractivity contribution in [2.75, 3.05) is 39.3 Å². The Bertz CT molecular complexity index is 250. The summed E-state index contributed by atoms with van der Waals surface area (Å²) in [5.41, 5.74) is 0. The van der Waals surface area contributed by atoms with Gasteiger partial charge in [0.05, 0.1) is 0 Å². The molecule has 3 nitrogen and oxygen atoms in total. The van der Waals surface area contributed by atoms with Crippen LogP contribution in [0.5, 0.6) is 0 Å². The molecule has 3 heteroatoms. The summed E-state index contributed by atoms with van der Waals surface area (Å²) in [7, 11) is 0. The minimum atomic E-state index is 0.811. The summed E-state index contributed by atoms with van der Waals surface area (Å²) < 4.78 is 0. The van der Waals surface area contributed by atoms with Crippen molar-refractivity contribution in [3.63, 3.8) is 0 Å². The molecule has 0 amide bonds. The van der Waals surface area contributed by atoms with Crippen molar-refractivity contribution < 1.29 is 0 Å². The Morgan fingerprint density at radius 1 is 1.24 bits per heavy atom. The highest BCUT2D eigenvalue weighted by molar-refractivity contribution is 4.94. The van der Waals surface area contributed by atoms with Crippen LogP contribution in [-0.4, -0.2) is 61.2 Å². The van der Waals surface area contributed by atoms with Crippen molar-refractivity contribution in [1.82, 2.24) is 15.1 Å². The summed E-state index contributed by atoms with van der Waals surface area (Å²) in [6, 6.07) is 1.69. The number of hydrogen-bond donors (Lipinski definition) is 1. The molecule has 2 bridgehead atoms. The third kappa shape index (κ3) is 2.38. The molecule has 3 rings (SSSR count). The molecule has 3 fully saturated rings. The van der Waals surface area contributed by atoms with Gasteiger partial charge >= 0.3 is 0 Å². The first kappa shape index (κ1) is 11.9. The Morgan fingerprint density at radius 3 is 2.88 bits per heavy atom. The first-order chi connectivity index (χ1) is 8.38. The zero-order valence-electron chi connectivity index (χ0n) is 11.2. The molecule has 1 N–H and O–H groups in total. The molecule has 98 valence electrons. The third-order valence-electron chi connectivity index (χ3n) is 5.13. The third-order valence-corrected chi connectivity index (χ3v) is 5.13. The molecule has 3 saturated heterocycles. The molecule has 0 aromatic rings. The predicted octanol–water partition coefficient (Wildman–Crippen LogP) is 1.15. The highest BCUT2D eigenvalue weighted by atomic mass is 15.3. The number of nitrogens with zero attached hydrogens (tertiary/aromatic N) is 2. The monoisotopic (exact) mass is 237 g/mol. The molecule has 4 atom stereocenters. The van der Waals surface area contributed by atoms with Crippen molar-refractivity contribution in [3.05, 3.63) is 0 Å². The van der Waals surface area contributed by atoms with Gasteiger partial charge in [-0.1, -0.05) is 6.92 Å². The van der Waals surface area contributed by atoms with E-state index in [-0.39, 0.29) is 0 Å². The van der Waals surface area contributed by atoms with Gasteiger partial charge in [-0.2, -0.15) is 0 Å². The molecule has 0 aromatic heterocycles. The average Bonchev–Trinajstić information content (AvgIpc) is 2.76. The van der Waals surface area contributed by atoms with Crippen LogP contribution in [0.1, 0.15) is 32.6 Å². The van der Waals surface area contributed by atoms with Crippen LogP contribution >= 0.6 is 0 Å². The standard InChI is InChI=1S/C14H27N3/c1-2-17(13-4-3-7-15-10-13)14-6-9-16-8-5-12(14)11-16/h12-15H,2-11H2,1H3. The molecule has 3 aliphatic rings. The summed E-state index contributed by atoms with van der Waals surface area (Å²) in [6.07, 6.45) is 5.63. The number of fused-ring (bicyclic) bond motifs is 2. The van der Waals surface area contributed by atoms with Gasteiger partial charge in [0, 0.05) is 25.2 Å². The molecule has 0 spiro atoms. The highest BCUT2D eigenvalue weighted by Crippen LogP contribution is 2.32. The number of hydrogen-bond acceptors (Lipinski definition) is 3. The minimum absolute atomic E-state index is 0.811. The SMILES string of the molecule is CCN(C1CCCNC1)C1CCN2CCC1C2. The van der Waals surface area contributed by atoms with Gasteiger partial charge in [-0.25, -0.2) is 0 Å². The van der Waals surface area contributed by atoms with Crippen molar-refractivity contribution in [3.8, 4) is 0 Å². The average molecular weight is 237 g/mol. The second kappa shape index (κ2) is 5.25. The van der Waals surface area contributed by atoms with E-state index in [0.717, 1.165) is 18.0 Å². The fourth-order valence-corrected chi connectivity index (χ4v) is 4.25. The minimum Gasteiger partial charge on any atom is -0.315 e. The van der Waals surface area contributed by atoms with E-state index < -0.39 is 0 Å². The maximum Gasteiger partial charge on any atom is 0.0224 e. The van der Waals surface area contributed by atoms with Crippen molar-refractivity contribution in [2.24, 2.45) is 5.92 Å². The van der Waals surface area contributed by atoms with E-state index in [4.69, 9.17) is 0 Å². The molecular weight excluding hydrogens is 210 g/mol. The van der Waals surface area contributed by atoms with E-state index in [2.05, 4.69) is 22.0 Å². The van der Waals surface area contributed by atoms with Crippen molar-refractivity contribution in [2.45, 2.75) is 44.7 Å². The predicted molar refractivity (Wildman–Crippen MR) is 71.2 cm³/mol.